The Hall–Kier alpha value is -1.15. The van der Waals surface area contributed by atoms with Gasteiger partial charge in [0.1, 0.15) is 0 Å². The first kappa shape index (κ1) is 15.7. The van der Waals surface area contributed by atoms with Crippen LogP contribution in [0, 0.1) is 5.92 Å². The third kappa shape index (κ3) is 2.74. The fourth-order valence-electron chi connectivity index (χ4n) is 4.96. The molecule has 0 saturated carbocycles. The van der Waals surface area contributed by atoms with Gasteiger partial charge in [-0.3, -0.25) is 9.69 Å². The van der Waals surface area contributed by atoms with Crippen LogP contribution in [0.3, 0.4) is 0 Å². The molecule has 3 atom stereocenters. The Morgan fingerprint density at radius 3 is 2.45 bits per heavy atom. The lowest BCUT2D eigenvalue weighted by Gasteiger charge is -2.58. The molecule has 0 spiro atoms. The molecule has 3 heterocycles. The van der Waals surface area contributed by atoms with Gasteiger partial charge in [0.25, 0.3) is 0 Å². The lowest BCUT2D eigenvalue weighted by molar-refractivity contribution is -0.151. The first-order valence-corrected chi connectivity index (χ1v) is 9.04. The minimum Gasteiger partial charge on any atom is -0.298 e. The zero-order chi connectivity index (χ0) is 15.6. The second kappa shape index (κ2) is 6.54. The maximum atomic E-state index is 12.8. The minimum atomic E-state index is 0.119. The van der Waals surface area contributed by atoms with E-state index in [-0.39, 0.29) is 6.04 Å². The Morgan fingerprint density at radius 2 is 1.82 bits per heavy atom. The topological polar surface area (TPSA) is 20.3 Å². The van der Waals surface area contributed by atoms with E-state index in [0.29, 0.717) is 17.2 Å². The number of piperidine rings is 3. The molecule has 0 amide bonds. The predicted molar refractivity (Wildman–Crippen MR) is 90.9 cm³/mol. The lowest BCUT2D eigenvalue weighted by atomic mass is 9.66. The summed E-state index contributed by atoms with van der Waals surface area (Å²) in [5, 5.41) is 0. The SMILES string of the molecule is CCCC1(CCC)CC2CCN1C(Cc1ccccc1)C2=O. The van der Waals surface area contributed by atoms with Crippen molar-refractivity contribution in [2.45, 2.75) is 70.4 Å². The number of benzene rings is 1. The molecule has 0 N–H and O–H groups in total. The van der Waals surface area contributed by atoms with Crippen LogP contribution in [0.15, 0.2) is 30.3 Å². The molecule has 2 heteroatoms. The summed E-state index contributed by atoms with van der Waals surface area (Å²) in [6, 6.07) is 10.7. The highest BCUT2D eigenvalue weighted by Crippen LogP contribution is 2.46. The Bertz CT molecular complexity index is 504. The van der Waals surface area contributed by atoms with Crippen molar-refractivity contribution in [3.63, 3.8) is 0 Å². The number of hydrogen-bond acceptors (Lipinski definition) is 2. The van der Waals surface area contributed by atoms with Gasteiger partial charge in [0.2, 0.25) is 0 Å². The Morgan fingerprint density at radius 1 is 1.14 bits per heavy atom. The smallest absolute Gasteiger partial charge is 0.153 e. The summed E-state index contributed by atoms with van der Waals surface area (Å²) in [5.41, 5.74) is 1.59. The lowest BCUT2D eigenvalue weighted by Crippen LogP contribution is -2.67. The molecular formula is C20H29NO. The van der Waals surface area contributed by atoms with Crippen LogP contribution in [-0.4, -0.2) is 28.8 Å². The van der Waals surface area contributed by atoms with Gasteiger partial charge in [0.15, 0.2) is 5.78 Å². The van der Waals surface area contributed by atoms with Crippen molar-refractivity contribution < 1.29 is 4.79 Å². The van der Waals surface area contributed by atoms with Crippen molar-refractivity contribution in [1.29, 1.82) is 0 Å². The summed E-state index contributed by atoms with van der Waals surface area (Å²) >= 11 is 0. The van der Waals surface area contributed by atoms with Gasteiger partial charge in [-0.15, -0.1) is 0 Å². The fraction of sp³-hybridized carbons (Fsp3) is 0.650. The first-order valence-electron chi connectivity index (χ1n) is 9.04. The molecule has 2 nitrogen and oxygen atoms in total. The minimum absolute atomic E-state index is 0.119. The van der Waals surface area contributed by atoms with Crippen LogP contribution in [-0.2, 0) is 11.2 Å². The van der Waals surface area contributed by atoms with E-state index in [4.69, 9.17) is 0 Å². The van der Waals surface area contributed by atoms with E-state index in [1.54, 1.807) is 0 Å². The van der Waals surface area contributed by atoms with Gasteiger partial charge in [-0.1, -0.05) is 57.0 Å². The average molecular weight is 299 g/mol. The maximum Gasteiger partial charge on any atom is 0.153 e. The summed E-state index contributed by atoms with van der Waals surface area (Å²) in [6.45, 7) is 5.69. The molecule has 0 aromatic heterocycles. The van der Waals surface area contributed by atoms with Crippen molar-refractivity contribution in [2.75, 3.05) is 6.54 Å². The van der Waals surface area contributed by atoms with E-state index in [2.05, 4.69) is 49.1 Å². The van der Waals surface area contributed by atoms with Gasteiger partial charge in [0, 0.05) is 18.0 Å². The monoisotopic (exact) mass is 299 g/mol. The van der Waals surface area contributed by atoms with E-state index < -0.39 is 0 Å². The maximum absolute atomic E-state index is 12.8. The number of carbonyl (C=O) groups is 1. The molecule has 1 aromatic rings. The molecule has 3 unspecified atom stereocenters. The Balaban J connectivity index is 1.87. The molecule has 120 valence electrons. The molecule has 3 saturated heterocycles. The van der Waals surface area contributed by atoms with Crippen LogP contribution in [0.25, 0.3) is 0 Å². The molecule has 3 aliphatic rings. The number of nitrogens with zero attached hydrogens (tertiary/aromatic N) is 1. The van der Waals surface area contributed by atoms with Crippen LogP contribution >= 0.6 is 0 Å². The molecule has 0 radical (unpaired) electrons. The van der Waals surface area contributed by atoms with Crippen molar-refractivity contribution in [3.8, 4) is 0 Å². The van der Waals surface area contributed by atoms with E-state index in [1.165, 1.54) is 31.2 Å². The van der Waals surface area contributed by atoms with E-state index in [0.717, 1.165) is 25.8 Å². The molecule has 1 aromatic carbocycles. The number of ketones is 1. The molecule has 3 fully saturated rings. The second-order valence-electron chi connectivity index (χ2n) is 7.22. The summed E-state index contributed by atoms with van der Waals surface area (Å²) in [4.78, 5) is 15.5. The van der Waals surface area contributed by atoms with E-state index >= 15 is 0 Å². The second-order valence-corrected chi connectivity index (χ2v) is 7.22. The summed E-state index contributed by atoms with van der Waals surface area (Å²) < 4.78 is 0. The summed E-state index contributed by atoms with van der Waals surface area (Å²) in [5.74, 6) is 0.828. The van der Waals surface area contributed by atoms with Crippen molar-refractivity contribution in [3.05, 3.63) is 35.9 Å². The molecule has 3 aliphatic heterocycles. The van der Waals surface area contributed by atoms with Crippen molar-refractivity contribution in [2.24, 2.45) is 5.92 Å². The Kier molecular flexibility index (Phi) is 4.67. The largest absolute Gasteiger partial charge is 0.298 e. The molecule has 4 rings (SSSR count). The van der Waals surface area contributed by atoms with Gasteiger partial charge in [-0.25, -0.2) is 0 Å². The van der Waals surface area contributed by atoms with Gasteiger partial charge in [-0.2, -0.15) is 0 Å². The predicted octanol–water partition coefficient (Wildman–Crippen LogP) is 4.23. The molecule has 22 heavy (non-hydrogen) atoms. The zero-order valence-corrected chi connectivity index (χ0v) is 14.1. The average Bonchev–Trinajstić information content (AvgIpc) is 2.53. The third-order valence-electron chi connectivity index (χ3n) is 5.76. The normalized spacial score (nSPS) is 29.7. The van der Waals surface area contributed by atoms with Crippen LogP contribution in [0.1, 0.15) is 57.9 Å². The number of Topliss-reactive ketones (excluding diaryl/α,β-unsaturated/α-hetero) is 1. The number of hydrogen-bond donors (Lipinski definition) is 0. The zero-order valence-electron chi connectivity index (χ0n) is 14.1. The molecular weight excluding hydrogens is 270 g/mol. The number of carbonyl (C=O) groups excluding carboxylic acids is 1. The van der Waals surface area contributed by atoms with Crippen LogP contribution in [0.5, 0.6) is 0 Å². The van der Waals surface area contributed by atoms with Crippen molar-refractivity contribution in [1.82, 2.24) is 4.90 Å². The van der Waals surface area contributed by atoms with E-state index in [1.807, 2.05) is 0 Å². The standard InChI is InChI=1S/C20H29NO/c1-3-11-20(12-4-2)15-17-10-13-21(20)18(19(17)22)14-16-8-6-5-7-9-16/h5-9,17-18H,3-4,10-15H2,1-2H3. The van der Waals surface area contributed by atoms with Crippen molar-refractivity contribution >= 4 is 5.78 Å². The highest BCUT2D eigenvalue weighted by Gasteiger charge is 2.52. The Labute approximate surface area is 134 Å². The van der Waals surface area contributed by atoms with Gasteiger partial charge in [-0.05, 0) is 37.7 Å². The van der Waals surface area contributed by atoms with Gasteiger partial charge in [0.05, 0.1) is 6.04 Å². The molecule has 2 bridgehead atoms. The first-order chi connectivity index (χ1) is 10.7. The van der Waals surface area contributed by atoms with Gasteiger partial charge < -0.3 is 0 Å². The molecule has 0 aliphatic carbocycles. The third-order valence-corrected chi connectivity index (χ3v) is 5.76. The van der Waals surface area contributed by atoms with Crippen LogP contribution < -0.4 is 0 Å². The highest BCUT2D eigenvalue weighted by atomic mass is 16.1. The van der Waals surface area contributed by atoms with Gasteiger partial charge >= 0.3 is 0 Å². The quantitative estimate of drug-likeness (QED) is 0.783. The van der Waals surface area contributed by atoms with E-state index in [9.17, 15) is 4.79 Å². The highest BCUT2D eigenvalue weighted by molar-refractivity contribution is 5.88. The number of fused-ring (bicyclic) bond motifs is 3. The summed E-state index contributed by atoms with van der Waals surface area (Å²) in [6.07, 6.45) is 8.01. The number of rotatable bonds is 6. The van der Waals surface area contributed by atoms with Crippen LogP contribution in [0.2, 0.25) is 0 Å². The summed E-state index contributed by atoms with van der Waals surface area (Å²) in [7, 11) is 0. The van der Waals surface area contributed by atoms with Crippen LogP contribution in [0.4, 0.5) is 0 Å². The fourth-order valence-corrected chi connectivity index (χ4v) is 4.96.